The normalized spacial score (nSPS) is 10.5. The summed E-state index contributed by atoms with van der Waals surface area (Å²) in [5, 5.41) is 0.0320. The Kier molecular flexibility index (Phi) is 3.66. The summed E-state index contributed by atoms with van der Waals surface area (Å²) < 4.78 is 23.6. The van der Waals surface area contributed by atoms with Crippen LogP contribution in [0.5, 0.6) is 5.75 Å². The van der Waals surface area contributed by atoms with Crippen LogP contribution in [0.4, 0.5) is 4.39 Å². The van der Waals surface area contributed by atoms with Crippen LogP contribution < -0.4 is 10.5 Å². The van der Waals surface area contributed by atoms with Gasteiger partial charge >= 0.3 is 0 Å². The number of hydrogen-bond acceptors (Lipinski definition) is 3. The quantitative estimate of drug-likeness (QED) is 0.913. The van der Waals surface area contributed by atoms with E-state index in [0.29, 0.717) is 23.8 Å². The first-order valence-electron chi connectivity index (χ1n) is 5.04. The maximum absolute atomic E-state index is 12.9. The first-order chi connectivity index (χ1) is 8.19. The summed E-state index contributed by atoms with van der Waals surface area (Å²) in [4.78, 5) is 0. The lowest BCUT2D eigenvalue weighted by Crippen LogP contribution is -1.95. The van der Waals surface area contributed by atoms with E-state index in [-0.39, 0.29) is 11.6 Å². The van der Waals surface area contributed by atoms with E-state index in [1.54, 1.807) is 12.1 Å². The summed E-state index contributed by atoms with van der Waals surface area (Å²) in [5.74, 6) is 1.37. The smallest absolute Gasteiger partial charge is 0.146 e. The molecule has 0 unspecified atom stereocenters. The molecule has 1 heterocycles. The molecule has 3 nitrogen and oxygen atoms in total. The molecule has 0 saturated heterocycles. The monoisotopic (exact) mass is 255 g/mol. The summed E-state index contributed by atoms with van der Waals surface area (Å²) in [6, 6.07) is 7.76. The lowest BCUT2D eigenvalue weighted by molar-refractivity contribution is 0.266. The fourth-order valence-corrected chi connectivity index (χ4v) is 1.50. The second kappa shape index (κ2) is 5.21. The van der Waals surface area contributed by atoms with Crippen LogP contribution in [0.15, 0.2) is 34.7 Å². The van der Waals surface area contributed by atoms with E-state index in [1.165, 1.54) is 18.2 Å². The van der Waals surface area contributed by atoms with E-state index in [9.17, 15) is 4.39 Å². The molecule has 0 aliphatic rings. The van der Waals surface area contributed by atoms with Crippen molar-refractivity contribution in [3.63, 3.8) is 0 Å². The van der Waals surface area contributed by atoms with Crippen molar-refractivity contribution in [2.24, 2.45) is 5.73 Å². The number of halogens is 2. The Hall–Kier alpha value is -1.52. The van der Waals surface area contributed by atoms with Crippen molar-refractivity contribution >= 4 is 11.6 Å². The zero-order chi connectivity index (χ0) is 12.3. The highest BCUT2D eigenvalue weighted by atomic mass is 35.5. The van der Waals surface area contributed by atoms with Gasteiger partial charge in [0.2, 0.25) is 0 Å². The topological polar surface area (TPSA) is 48.4 Å². The molecule has 0 fully saturated rings. The average molecular weight is 256 g/mol. The number of nitrogens with two attached hydrogens (primary N) is 1. The predicted octanol–water partition coefficient (Wildman–Crippen LogP) is 3.11. The van der Waals surface area contributed by atoms with Crippen molar-refractivity contribution in [3.8, 4) is 5.75 Å². The predicted molar refractivity (Wildman–Crippen MR) is 62.3 cm³/mol. The number of rotatable bonds is 4. The van der Waals surface area contributed by atoms with Gasteiger partial charge in [-0.1, -0.05) is 11.6 Å². The van der Waals surface area contributed by atoms with Gasteiger partial charge in [0.1, 0.15) is 29.7 Å². The largest absolute Gasteiger partial charge is 0.486 e. The van der Waals surface area contributed by atoms with Crippen LogP contribution in [0, 0.1) is 5.82 Å². The maximum atomic E-state index is 12.9. The van der Waals surface area contributed by atoms with Gasteiger partial charge in [0, 0.05) is 6.07 Å². The molecule has 0 aliphatic heterocycles. The van der Waals surface area contributed by atoms with Gasteiger partial charge in [-0.2, -0.15) is 0 Å². The van der Waals surface area contributed by atoms with Crippen LogP contribution in [0.1, 0.15) is 11.5 Å². The Labute approximate surface area is 103 Å². The molecule has 0 bridgehead atoms. The molecular weight excluding hydrogens is 245 g/mol. The van der Waals surface area contributed by atoms with Crippen molar-refractivity contribution in [2.75, 3.05) is 0 Å². The molecule has 90 valence electrons. The van der Waals surface area contributed by atoms with Crippen molar-refractivity contribution in [1.29, 1.82) is 0 Å². The third-order valence-electron chi connectivity index (χ3n) is 2.19. The Balaban J connectivity index is 1.99. The molecule has 0 radical (unpaired) electrons. The summed E-state index contributed by atoms with van der Waals surface area (Å²) >= 11 is 5.63. The molecule has 0 aliphatic carbocycles. The number of ether oxygens (including phenoxy) is 1. The summed E-state index contributed by atoms with van der Waals surface area (Å²) in [5.41, 5.74) is 5.41. The van der Waals surface area contributed by atoms with Crippen molar-refractivity contribution < 1.29 is 13.5 Å². The Morgan fingerprint density at radius 3 is 2.65 bits per heavy atom. The molecule has 0 atom stereocenters. The van der Waals surface area contributed by atoms with Crippen molar-refractivity contribution in [1.82, 2.24) is 0 Å². The number of benzene rings is 1. The van der Waals surface area contributed by atoms with Gasteiger partial charge in [0.05, 0.1) is 11.6 Å². The highest BCUT2D eigenvalue weighted by molar-refractivity contribution is 6.30. The van der Waals surface area contributed by atoms with E-state index in [4.69, 9.17) is 26.5 Å². The lowest BCUT2D eigenvalue weighted by atomic mass is 10.3. The van der Waals surface area contributed by atoms with E-state index in [1.807, 2.05) is 0 Å². The zero-order valence-corrected chi connectivity index (χ0v) is 9.71. The Bertz CT molecular complexity index is 513. The van der Waals surface area contributed by atoms with Gasteiger partial charge in [-0.05, 0) is 24.3 Å². The second-order valence-corrected chi connectivity index (χ2v) is 3.84. The standard InChI is InChI=1S/C12H11ClFNO2/c13-11-5-8(3-4-12(11)14)16-7-10-2-1-9(6-15)17-10/h1-5H,6-7,15H2. The van der Waals surface area contributed by atoms with Gasteiger partial charge in [-0.25, -0.2) is 4.39 Å². The first-order valence-corrected chi connectivity index (χ1v) is 5.42. The van der Waals surface area contributed by atoms with Gasteiger partial charge < -0.3 is 14.9 Å². The number of furan rings is 1. The molecule has 0 amide bonds. The van der Waals surface area contributed by atoms with Gasteiger partial charge in [-0.15, -0.1) is 0 Å². The molecule has 1 aromatic carbocycles. The highest BCUT2D eigenvalue weighted by Crippen LogP contribution is 2.22. The van der Waals surface area contributed by atoms with E-state index < -0.39 is 5.82 Å². The van der Waals surface area contributed by atoms with E-state index >= 15 is 0 Å². The van der Waals surface area contributed by atoms with Crippen LogP contribution in [-0.4, -0.2) is 0 Å². The molecule has 2 N–H and O–H groups in total. The molecule has 0 spiro atoms. The van der Waals surface area contributed by atoms with E-state index in [2.05, 4.69) is 0 Å². The van der Waals surface area contributed by atoms with Crippen LogP contribution >= 0.6 is 11.6 Å². The second-order valence-electron chi connectivity index (χ2n) is 3.44. The molecular formula is C12H11ClFNO2. The lowest BCUT2D eigenvalue weighted by Gasteiger charge is -2.04. The average Bonchev–Trinajstić information content (AvgIpc) is 2.79. The van der Waals surface area contributed by atoms with Crippen molar-refractivity contribution in [2.45, 2.75) is 13.2 Å². The molecule has 5 heteroatoms. The van der Waals surface area contributed by atoms with Crippen LogP contribution in [-0.2, 0) is 13.2 Å². The summed E-state index contributed by atoms with van der Waals surface area (Å²) in [6.07, 6.45) is 0. The zero-order valence-electron chi connectivity index (χ0n) is 8.95. The number of hydrogen-bond donors (Lipinski definition) is 1. The summed E-state index contributed by atoms with van der Waals surface area (Å²) in [6.45, 7) is 0.602. The third kappa shape index (κ3) is 2.99. The minimum Gasteiger partial charge on any atom is -0.486 e. The molecule has 2 rings (SSSR count). The molecule has 1 aromatic heterocycles. The van der Waals surface area contributed by atoms with E-state index in [0.717, 1.165) is 0 Å². The Morgan fingerprint density at radius 1 is 1.24 bits per heavy atom. The van der Waals surface area contributed by atoms with Crippen LogP contribution in [0.25, 0.3) is 0 Å². The van der Waals surface area contributed by atoms with Crippen LogP contribution in [0.3, 0.4) is 0 Å². The van der Waals surface area contributed by atoms with Gasteiger partial charge in [0.25, 0.3) is 0 Å². The fourth-order valence-electron chi connectivity index (χ4n) is 1.33. The minimum atomic E-state index is -0.470. The molecule has 0 saturated carbocycles. The third-order valence-corrected chi connectivity index (χ3v) is 2.48. The summed E-state index contributed by atoms with van der Waals surface area (Å²) in [7, 11) is 0. The fraction of sp³-hybridized carbons (Fsp3) is 0.167. The van der Waals surface area contributed by atoms with Crippen molar-refractivity contribution in [3.05, 3.63) is 52.7 Å². The molecule has 17 heavy (non-hydrogen) atoms. The SMILES string of the molecule is NCc1ccc(COc2ccc(F)c(Cl)c2)o1. The Morgan fingerprint density at radius 2 is 2.00 bits per heavy atom. The first kappa shape index (κ1) is 12.0. The van der Waals surface area contributed by atoms with Crippen LogP contribution in [0.2, 0.25) is 5.02 Å². The minimum absolute atomic E-state index is 0.0320. The molecule has 2 aromatic rings. The highest BCUT2D eigenvalue weighted by Gasteiger charge is 2.04. The maximum Gasteiger partial charge on any atom is 0.146 e. The van der Waals surface area contributed by atoms with Gasteiger partial charge in [0.15, 0.2) is 0 Å². The van der Waals surface area contributed by atoms with Gasteiger partial charge in [-0.3, -0.25) is 0 Å².